The summed E-state index contributed by atoms with van der Waals surface area (Å²) in [5.41, 5.74) is 7.42. The molecule has 0 heterocycles. The van der Waals surface area contributed by atoms with Crippen molar-refractivity contribution in [2.75, 3.05) is 5.73 Å². The van der Waals surface area contributed by atoms with E-state index in [4.69, 9.17) is 5.73 Å². The van der Waals surface area contributed by atoms with Gasteiger partial charge in [-0.15, -0.1) is 0 Å². The van der Waals surface area contributed by atoms with Gasteiger partial charge in [0, 0.05) is 11.3 Å². The highest BCUT2D eigenvalue weighted by Gasteiger charge is 1.98. The Morgan fingerprint density at radius 2 is 2.00 bits per heavy atom. The fourth-order valence-corrected chi connectivity index (χ4v) is 0.882. The topological polar surface area (TPSA) is 43.1 Å². The van der Waals surface area contributed by atoms with Crippen molar-refractivity contribution in [2.45, 2.75) is 0 Å². The maximum atomic E-state index is 10.4. The summed E-state index contributed by atoms with van der Waals surface area (Å²) in [6.45, 7) is 3.57. The molecule has 0 aliphatic carbocycles. The van der Waals surface area contributed by atoms with E-state index in [0.29, 0.717) is 11.3 Å². The van der Waals surface area contributed by atoms with E-state index in [0.717, 1.165) is 11.8 Å². The molecular weight excluding hydrogens is 138 g/mol. The van der Waals surface area contributed by atoms with E-state index in [2.05, 4.69) is 6.58 Å². The minimum atomic E-state index is 0.498. The minimum absolute atomic E-state index is 0.498. The lowest BCUT2D eigenvalue weighted by molar-refractivity contribution is 0.112. The minimum Gasteiger partial charge on any atom is -0.398 e. The SMILES string of the molecule is C=Cc1cccc(C=O)c1N. The molecule has 0 amide bonds. The number of hydrogen-bond donors (Lipinski definition) is 1. The van der Waals surface area contributed by atoms with Crippen LogP contribution in [0, 0.1) is 0 Å². The summed E-state index contributed by atoms with van der Waals surface area (Å²) >= 11 is 0. The number of nitrogen functional groups attached to an aromatic ring is 1. The van der Waals surface area contributed by atoms with Crippen LogP contribution in [-0.2, 0) is 0 Å². The molecule has 1 aromatic rings. The van der Waals surface area contributed by atoms with Crippen LogP contribution in [0.3, 0.4) is 0 Å². The van der Waals surface area contributed by atoms with Gasteiger partial charge in [0.15, 0.2) is 6.29 Å². The highest BCUT2D eigenvalue weighted by Crippen LogP contribution is 2.16. The predicted octanol–water partition coefficient (Wildman–Crippen LogP) is 1.72. The summed E-state index contributed by atoms with van der Waals surface area (Å²) in [7, 11) is 0. The van der Waals surface area contributed by atoms with Gasteiger partial charge in [-0.1, -0.05) is 24.8 Å². The van der Waals surface area contributed by atoms with Gasteiger partial charge in [-0.2, -0.15) is 0 Å². The van der Waals surface area contributed by atoms with E-state index >= 15 is 0 Å². The first kappa shape index (κ1) is 7.54. The summed E-state index contributed by atoms with van der Waals surface area (Å²) in [4.78, 5) is 10.4. The van der Waals surface area contributed by atoms with E-state index in [-0.39, 0.29) is 0 Å². The molecule has 0 bridgehead atoms. The van der Waals surface area contributed by atoms with Crippen LogP contribution in [0.2, 0.25) is 0 Å². The van der Waals surface area contributed by atoms with E-state index in [1.54, 1.807) is 18.2 Å². The lowest BCUT2D eigenvalue weighted by Crippen LogP contribution is -1.94. The van der Waals surface area contributed by atoms with Crippen molar-refractivity contribution in [3.05, 3.63) is 35.9 Å². The maximum absolute atomic E-state index is 10.4. The summed E-state index contributed by atoms with van der Waals surface area (Å²) in [5.74, 6) is 0. The largest absolute Gasteiger partial charge is 0.398 e. The molecule has 2 nitrogen and oxygen atoms in total. The van der Waals surface area contributed by atoms with E-state index in [9.17, 15) is 4.79 Å². The average Bonchev–Trinajstić information content (AvgIpc) is 2.05. The van der Waals surface area contributed by atoms with Crippen molar-refractivity contribution in [3.63, 3.8) is 0 Å². The highest BCUT2D eigenvalue weighted by molar-refractivity contribution is 5.86. The zero-order chi connectivity index (χ0) is 8.27. The van der Waals surface area contributed by atoms with Gasteiger partial charge in [0.25, 0.3) is 0 Å². The van der Waals surface area contributed by atoms with Gasteiger partial charge < -0.3 is 5.73 Å². The number of benzene rings is 1. The molecule has 0 atom stereocenters. The first-order chi connectivity index (χ1) is 5.29. The molecule has 1 rings (SSSR count). The Bertz CT molecular complexity index is 265. The van der Waals surface area contributed by atoms with Crippen LogP contribution in [0.1, 0.15) is 15.9 Å². The molecule has 0 unspecified atom stereocenters. The fraction of sp³-hybridized carbons (Fsp3) is 0. The summed E-state index contributed by atoms with van der Waals surface area (Å²) in [6.07, 6.45) is 2.37. The average molecular weight is 147 g/mol. The van der Waals surface area contributed by atoms with Crippen LogP contribution in [0.15, 0.2) is 24.8 Å². The van der Waals surface area contributed by atoms with Crippen molar-refractivity contribution >= 4 is 18.0 Å². The molecule has 56 valence electrons. The monoisotopic (exact) mass is 147 g/mol. The smallest absolute Gasteiger partial charge is 0.152 e. The number of hydrogen-bond acceptors (Lipinski definition) is 2. The van der Waals surface area contributed by atoms with E-state index < -0.39 is 0 Å². The van der Waals surface area contributed by atoms with Crippen molar-refractivity contribution in [1.82, 2.24) is 0 Å². The number of rotatable bonds is 2. The Hall–Kier alpha value is -1.57. The van der Waals surface area contributed by atoms with Gasteiger partial charge in [0.05, 0.1) is 0 Å². The molecule has 0 radical (unpaired) electrons. The third-order valence-corrected chi connectivity index (χ3v) is 1.52. The fourth-order valence-electron chi connectivity index (χ4n) is 0.882. The Labute approximate surface area is 65.3 Å². The molecular formula is C9H9NO. The quantitative estimate of drug-likeness (QED) is 0.511. The standard InChI is InChI=1S/C9H9NO/c1-2-7-4-3-5-8(6-11)9(7)10/h2-6H,1,10H2. The molecule has 2 heteroatoms. The van der Waals surface area contributed by atoms with Crippen LogP contribution in [0.25, 0.3) is 6.08 Å². The Balaban J connectivity index is 3.30. The van der Waals surface area contributed by atoms with Gasteiger partial charge in [-0.3, -0.25) is 4.79 Å². The number of nitrogens with two attached hydrogens (primary N) is 1. The highest BCUT2D eigenvalue weighted by atomic mass is 16.1. The van der Waals surface area contributed by atoms with Crippen molar-refractivity contribution < 1.29 is 4.79 Å². The third-order valence-electron chi connectivity index (χ3n) is 1.52. The van der Waals surface area contributed by atoms with Crippen molar-refractivity contribution in [3.8, 4) is 0 Å². The summed E-state index contributed by atoms with van der Waals surface area (Å²) < 4.78 is 0. The lowest BCUT2D eigenvalue weighted by Gasteiger charge is -2.00. The first-order valence-electron chi connectivity index (χ1n) is 3.25. The number of anilines is 1. The molecule has 0 saturated heterocycles. The predicted molar refractivity (Wildman–Crippen MR) is 46.3 cm³/mol. The number of carbonyl (C=O) groups excluding carboxylic acids is 1. The molecule has 0 fully saturated rings. The van der Waals surface area contributed by atoms with Crippen LogP contribution < -0.4 is 5.73 Å². The first-order valence-corrected chi connectivity index (χ1v) is 3.25. The second-order valence-corrected chi connectivity index (χ2v) is 2.17. The Morgan fingerprint density at radius 1 is 1.36 bits per heavy atom. The van der Waals surface area contributed by atoms with Gasteiger partial charge in [-0.05, 0) is 11.6 Å². The van der Waals surface area contributed by atoms with Crippen molar-refractivity contribution in [1.29, 1.82) is 0 Å². The third kappa shape index (κ3) is 1.29. The summed E-state index contributed by atoms with van der Waals surface area (Å²) in [5, 5.41) is 0. The molecule has 1 aromatic carbocycles. The molecule has 0 aliphatic heterocycles. The maximum Gasteiger partial charge on any atom is 0.152 e. The second-order valence-electron chi connectivity index (χ2n) is 2.17. The molecule has 0 spiro atoms. The van der Waals surface area contributed by atoms with Gasteiger partial charge in [0.2, 0.25) is 0 Å². The van der Waals surface area contributed by atoms with Crippen LogP contribution in [0.4, 0.5) is 5.69 Å². The number of carbonyl (C=O) groups is 1. The summed E-state index contributed by atoms with van der Waals surface area (Å²) in [6, 6.07) is 5.27. The Morgan fingerprint density at radius 3 is 2.55 bits per heavy atom. The zero-order valence-electron chi connectivity index (χ0n) is 6.08. The number of para-hydroxylation sites is 1. The van der Waals surface area contributed by atoms with Gasteiger partial charge in [-0.25, -0.2) is 0 Å². The normalized spacial score (nSPS) is 9.09. The zero-order valence-corrected chi connectivity index (χ0v) is 6.08. The van der Waals surface area contributed by atoms with Gasteiger partial charge in [0.1, 0.15) is 0 Å². The van der Waals surface area contributed by atoms with Crippen molar-refractivity contribution in [2.24, 2.45) is 0 Å². The number of aldehydes is 1. The van der Waals surface area contributed by atoms with Crippen LogP contribution in [0.5, 0.6) is 0 Å². The van der Waals surface area contributed by atoms with E-state index in [1.807, 2.05) is 6.07 Å². The van der Waals surface area contributed by atoms with Gasteiger partial charge >= 0.3 is 0 Å². The molecule has 2 N–H and O–H groups in total. The van der Waals surface area contributed by atoms with Crippen LogP contribution in [-0.4, -0.2) is 6.29 Å². The molecule has 11 heavy (non-hydrogen) atoms. The van der Waals surface area contributed by atoms with Crippen LogP contribution >= 0.6 is 0 Å². The van der Waals surface area contributed by atoms with E-state index in [1.165, 1.54) is 0 Å². The molecule has 0 aromatic heterocycles. The second kappa shape index (κ2) is 3.01. The molecule has 0 aliphatic rings. The lowest BCUT2D eigenvalue weighted by atomic mass is 10.1. The Kier molecular flexibility index (Phi) is 2.06. The molecule has 0 saturated carbocycles.